The molecule has 0 fully saturated rings. The molecule has 0 heterocycles. The molecule has 0 aliphatic carbocycles. The molecule has 0 aliphatic heterocycles. The third-order valence-corrected chi connectivity index (χ3v) is 6.93. The molecule has 0 bridgehead atoms. The van der Waals surface area contributed by atoms with Crippen LogP contribution in [0.4, 0.5) is 8.78 Å². The molecule has 0 spiro atoms. The van der Waals surface area contributed by atoms with Gasteiger partial charge in [-0.15, -0.1) is 0 Å². The third-order valence-electron chi connectivity index (χ3n) is 6.93. The molecular weight excluding hydrogens is 538 g/mol. The Kier molecular flexibility index (Phi) is 14.0. The second kappa shape index (κ2) is 17.9. The minimum Gasteiger partial charge on any atom is -0.491 e. The molecule has 2 atom stereocenters. The number of alkyl halides is 2. The van der Waals surface area contributed by atoms with Crippen molar-refractivity contribution in [3.63, 3.8) is 0 Å². The molecule has 0 saturated heterocycles. The van der Waals surface area contributed by atoms with Gasteiger partial charge in [-0.2, -0.15) is 0 Å². The number of benzene rings is 3. The zero-order chi connectivity index (χ0) is 30.2. The Bertz CT molecular complexity index is 1210. The summed E-state index contributed by atoms with van der Waals surface area (Å²) in [7, 11) is 0. The van der Waals surface area contributed by atoms with Gasteiger partial charge in [0.25, 0.3) is 0 Å². The van der Waals surface area contributed by atoms with E-state index in [4.69, 9.17) is 14.2 Å². The number of carbonyl (C=O) groups excluding carboxylic acids is 2. The Morgan fingerprint density at radius 1 is 0.619 bits per heavy atom. The van der Waals surface area contributed by atoms with Crippen LogP contribution in [0.15, 0.2) is 72.8 Å². The van der Waals surface area contributed by atoms with Crippen LogP contribution in [0, 0.1) is 0 Å². The van der Waals surface area contributed by atoms with Crippen molar-refractivity contribution in [2.75, 3.05) is 6.61 Å². The van der Waals surface area contributed by atoms with Crippen LogP contribution >= 0.6 is 0 Å². The van der Waals surface area contributed by atoms with E-state index in [1.54, 1.807) is 60.7 Å². The van der Waals surface area contributed by atoms with Gasteiger partial charge in [-0.25, -0.2) is 18.4 Å². The Morgan fingerprint density at radius 2 is 1.12 bits per heavy atom. The number of hydrogen-bond acceptors (Lipinski definition) is 5. The predicted octanol–water partition coefficient (Wildman–Crippen LogP) is 9.47. The number of esters is 2. The van der Waals surface area contributed by atoms with E-state index >= 15 is 0 Å². The largest absolute Gasteiger partial charge is 0.491 e. The molecule has 5 nitrogen and oxygen atoms in total. The standard InChI is InChI=1S/C35H42F2O5/c1-3-5-7-9-11-29(36)25-40-30-19-17-28(18-20-30)34(38)41-31-21-13-26(14-22-31)27-15-23-32(24-16-27)42-35(39)33(37)12-10-8-6-4-2/h13-24,29,33H,3-12,25H2,1-2H3. The average molecular weight is 581 g/mol. The summed E-state index contributed by atoms with van der Waals surface area (Å²) in [5, 5.41) is 0. The lowest BCUT2D eigenvalue weighted by Crippen LogP contribution is -2.21. The number of halogens is 2. The van der Waals surface area contributed by atoms with Crippen LogP contribution in [0.5, 0.6) is 17.2 Å². The van der Waals surface area contributed by atoms with E-state index in [0.717, 1.165) is 56.1 Å². The molecule has 2 unspecified atom stereocenters. The van der Waals surface area contributed by atoms with Crippen molar-refractivity contribution in [2.24, 2.45) is 0 Å². The maximum atomic E-state index is 14.1. The van der Waals surface area contributed by atoms with E-state index in [-0.39, 0.29) is 18.8 Å². The second-order valence-electron chi connectivity index (χ2n) is 10.5. The molecule has 0 amide bonds. The zero-order valence-electron chi connectivity index (χ0n) is 24.7. The first-order valence-electron chi connectivity index (χ1n) is 15.0. The Morgan fingerprint density at radius 3 is 1.67 bits per heavy atom. The fraction of sp³-hybridized carbons (Fsp3) is 0.429. The minimum absolute atomic E-state index is 0.00653. The van der Waals surface area contributed by atoms with Crippen molar-refractivity contribution in [3.05, 3.63) is 78.4 Å². The SMILES string of the molecule is CCCCCCC(F)COc1ccc(C(=O)Oc2ccc(-c3ccc(OC(=O)C(F)CCCCCC)cc3)cc2)cc1. The lowest BCUT2D eigenvalue weighted by atomic mass is 10.1. The van der Waals surface area contributed by atoms with Crippen molar-refractivity contribution in [3.8, 4) is 28.4 Å². The highest BCUT2D eigenvalue weighted by molar-refractivity contribution is 5.91. The summed E-state index contributed by atoms with van der Waals surface area (Å²) in [5.41, 5.74) is 2.07. The van der Waals surface area contributed by atoms with Gasteiger partial charge in [0.2, 0.25) is 0 Å². The van der Waals surface area contributed by atoms with Gasteiger partial charge >= 0.3 is 11.9 Å². The maximum absolute atomic E-state index is 14.1. The average Bonchev–Trinajstić information content (AvgIpc) is 3.01. The van der Waals surface area contributed by atoms with E-state index in [9.17, 15) is 18.4 Å². The van der Waals surface area contributed by atoms with E-state index in [0.29, 0.717) is 29.9 Å². The highest BCUT2D eigenvalue weighted by Crippen LogP contribution is 2.26. The predicted molar refractivity (Wildman–Crippen MR) is 162 cm³/mol. The van der Waals surface area contributed by atoms with Crippen molar-refractivity contribution in [1.29, 1.82) is 0 Å². The number of hydrogen-bond donors (Lipinski definition) is 0. The molecule has 0 saturated carbocycles. The third kappa shape index (κ3) is 11.3. The highest BCUT2D eigenvalue weighted by Gasteiger charge is 2.19. The fourth-order valence-electron chi connectivity index (χ4n) is 4.39. The summed E-state index contributed by atoms with van der Waals surface area (Å²) in [4.78, 5) is 24.6. The highest BCUT2D eigenvalue weighted by atomic mass is 19.1. The van der Waals surface area contributed by atoms with Crippen LogP contribution in [0.25, 0.3) is 11.1 Å². The number of unbranched alkanes of at least 4 members (excludes halogenated alkanes) is 6. The van der Waals surface area contributed by atoms with Gasteiger partial charge in [0, 0.05) is 0 Å². The van der Waals surface area contributed by atoms with Gasteiger partial charge < -0.3 is 14.2 Å². The molecule has 3 aromatic carbocycles. The van der Waals surface area contributed by atoms with E-state index in [2.05, 4.69) is 13.8 Å². The molecule has 0 N–H and O–H groups in total. The normalized spacial score (nSPS) is 12.4. The van der Waals surface area contributed by atoms with Gasteiger partial charge in [0.1, 0.15) is 30.0 Å². The summed E-state index contributed by atoms with van der Waals surface area (Å²) in [5.74, 6) is -0.218. The van der Waals surface area contributed by atoms with Gasteiger partial charge in [-0.3, -0.25) is 0 Å². The Hall–Kier alpha value is -3.74. The van der Waals surface area contributed by atoms with Gasteiger partial charge in [-0.1, -0.05) is 83.1 Å². The van der Waals surface area contributed by atoms with Crippen molar-refractivity contribution >= 4 is 11.9 Å². The maximum Gasteiger partial charge on any atom is 0.346 e. The summed E-state index contributed by atoms with van der Waals surface area (Å²) in [6.45, 7) is 4.19. The molecule has 3 aromatic rings. The summed E-state index contributed by atoms with van der Waals surface area (Å²) in [6, 6.07) is 20.2. The Balaban J connectivity index is 1.45. The van der Waals surface area contributed by atoms with Crippen LogP contribution < -0.4 is 14.2 Å². The molecule has 7 heteroatoms. The van der Waals surface area contributed by atoms with Gasteiger partial charge in [-0.05, 0) is 78.9 Å². The Labute approximate surface area is 248 Å². The first-order valence-corrected chi connectivity index (χ1v) is 15.0. The molecular formula is C35H42F2O5. The molecule has 3 rings (SSSR count). The number of ether oxygens (including phenoxy) is 3. The number of rotatable bonds is 18. The molecule has 0 aromatic heterocycles. The van der Waals surface area contributed by atoms with Gasteiger partial charge in [0.15, 0.2) is 6.17 Å². The van der Waals surface area contributed by atoms with Crippen LogP contribution in [0.3, 0.4) is 0 Å². The van der Waals surface area contributed by atoms with E-state index in [1.807, 2.05) is 12.1 Å². The van der Waals surface area contributed by atoms with Crippen molar-refractivity contribution in [2.45, 2.75) is 90.4 Å². The molecule has 42 heavy (non-hydrogen) atoms. The van der Waals surface area contributed by atoms with Crippen LogP contribution in [0.1, 0.15) is 88.4 Å². The molecule has 0 aliphatic rings. The minimum atomic E-state index is -1.62. The molecule has 0 radical (unpaired) electrons. The van der Waals surface area contributed by atoms with E-state index in [1.165, 1.54) is 0 Å². The number of carbonyl (C=O) groups is 2. The van der Waals surface area contributed by atoms with Crippen LogP contribution in [0.2, 0.25) is 0 Å². The smallest absolute Gasteiger partial charge is 0.346 e. The first kappa shape index (κ1) is 32.8. The van der Waals surface area contributed by atoms with Gasteiger partial charge in [0.05, 0.1) is 5.56 Å². The quantitative estimate of drug-likeness (QED) is 0.0852. The second-order valence-corrected chi connectivity index (χ2v) is 10.5. The fourth-order valence-corrected chi connectivity index (χ4v) is 4.39. The van der Waals surface area contributed by atoms with Crippen LogP contribution in [-0.2, 0) is 4.79 Å². The summed E-state index contributed by atoms with van der Waals surface area (Å²) in [6.07, 6.45) is 5.80. The van der Waals surface area contributed by atoms with Crippen molar-refractivity contribution in [1.82, 2.24) is 0 Å². The zero-order valence-corrected chi connectivity index (χ0v) is 24.7. The lowest BCUT2D eigenvalue weighted by molar-refractivity contribution is -0.140. The monoisotopic (exact) mass is 580 g/mol. The van der Waals surface area contributed by atoms with Crippen molar-refractivity contribution < 1.29 is 32.6 Å². The topological polar surface area (TPSA) is 61.8 Å². The lowest BCUT2D eigenvalue weighted by Gasteiger charge is -2.11. The first-order chi connectivity index (χ1) is 20.4. The summed E-state index contributed by atoms with van der Waals surface area (Å²) < 4.78 is 44.3. The van der Waals surface area contributed by atoms with E-state index < -0.39 is 24.3 Å². The molecule has 226 valence electrons. The summed E-state index contributed by atoms with van der Waals surface area (Å²) >= 11 is 0. The van der Waals surface area contributed by atoms with Crippen LogP contribution in [-0.4, -0.2) is 30.9 Å².